The maximum Gasteiger partial charge on any atom is 0.250 e. The summed E-state index contributed by atoms with van der Waals surface area (Å²) in [6.07, 6.45) is 0. The van der Waals surface area contributed by atoms with Crippen molar-refractivity contribution in [3.63, 3.8) is 0 Å². The first kappa shape index (κ1) is 17.8. The van der Waals surface area contributed by atoms with E-state index < -0.39 is 0 Å². The van der Waals surface area contributed by atoms with Gasteiger partial charge >= 0.3 is 0 Å². The Hall–Kier alpha value is -2.58. The molecule has 0 radical (unpaired) electrons. The first-order valence-electron chi connectivity index (χ1n) is 8.40. The first-order chi connectivity index (χ1) is 13.2. The Bertz CT molecular complexity index is 983. The number of nitrogens with zero attached hydrogens (tertiary/aromatic N) is 2. The molecule has 0 fully saturated rings. The number of ether oxygens (including phenoxy) is 2. The second-order valence-corrected chi connectivity index (χ2v) is 8.08. The topological polar surface area (TPSA) is 72.8 Å². The van der Waals surface area contributed by atoms with Crippen molar-refractivity contribution in [2.45, 2.75) is 11.3 Å². The van der Waals surface area contributed by atoms with Gasteiger partial charge in [-0.1, -0.05) is 23.9 Å². The van der Waals surface area contributed by atoms with Crippen molar-refractivity contribution in [3.05, 3.63) is 48.0 Å². The van der Waals surface area contributed by atoms with E-state index in [4.69, 9.17) is 9.47 Å². The number of hydrogen-bond acceptors (Lipinski definition) is 7. The normalized spacial score (nSPS) is 13.6. The van der Waals surface area contributed by atoms with Crippen molar-refractivity contribution >= 4 is 44.9 Å². The molecule has 1 amide bonds. The molecule has 1 aromatic heterocycles. The monoisotopic (exact) mass is 399 g/mol. The highest BCUT2D eigenvalue weighted by molar-refractivity contribution is 8.01. The quantitative estimate of drug-likeness (QED) is 0.402. The number of thioether (sulfide) groups is 1. The number of hydrogen-bond donors (Lipinski definition) is 1. The molecule has 27 heavy (non-hydrogen) atoms. The molecule has 0 atom stereocenters. The van der Waals surface area contributed by atoms with Crippen LogP contribution < -0.4 is 14.9 Å². The maximum atomic E-state index is 12.1. The highest BCUT2D eigenvalue weighted by Gasteiger charge is 2.13. The summed E-state index contributed by atoms with van der Waals surface area (Å²) in [5.41, 5.74) is 5.13. The first-order valence-corrected chi connectivity index (χ1v) is 10.2. The maximum absolute atomic E-state index is 12.1. The van der Waals surface area contributed by atoms with Gasteiger partial charge in [-0.25, -0.2) is 10.4 Å². The summed E-state index contributed by atoms with van der Waals surface area (Å²) < 4.78 is 13.1. The van der Waals surface area contributed by atoms with Crippen LogP contribution in [0.2, 0.25) is 0 Å². The van der Waals surface area contributed by atoms with Crippen molar-refractivity contribution in [2.24, 2.45) is 5.10 Å². The van der Waals surface area contributed by atoms with Crippen LogP contribution in [0.3, 0.4) is 0 Å². The molecule has 2 aromatic carbocycles. The van der Waals surface area contributed by atoms with Gasteiger partial charge in [0.25, 0.3) is 5.91 Å². The highest BCUT2D eigenvalue weighted by Crippen LogP contribution is 2.31. The molecule has 3 aromatic rings. The molecule has 8 heteroatoms. The Morgan fingerprint density at radius 2 is 2.04 bits per heavy atom. The number of aromatic nitrogens is 1. The number of thiazole rings is 1. The number of rotatable bonds is 5. The number of fused-ring (bicyclic) bond motifs is 2. The Morgan fingerprint density at radius 3 is 2.89 bits per heavy atom. The Morgan fingerprint density at radius 1 is 1.22 bits per heavy atom. The van der Waals surface area contributed by atoms with Crippen LogP contribution in [0.1, 0.15) is 12.5 Å². The van der Waals surface area contributed by atoms with Gasteiger partial charge in [0, 0.05) is 5.56 Å². The fourth-order valence-corrected chi connectivity index (χ4v) is 4.41. The average Bonchev–Trinajstić information content (AvgIpc) is 3.13. The van der Waals surface area contributed by atoms with Crippen LogP contribution in [-0.4, -0.2) is 35.6 Å². The van der Waals surface area contributed by atoms with Crippen LogP contribution in [0.25, 0.3) is 10.2 Å². The van der Waals surface area contributed by atoms with Gasteiger partial charge in [-0.05, 0) is 37.3 Å². The molecule has 1 N–H and O–H groups in total. The number of amides is 1. The number of benzene rings is 2. The predicted octanol–water partition coefficient (Wildman–Crippen LogP) is 3.70. The van der Waals surface area contributed by atoms with E-state index in [1.807, 2.05) is 49.4 Å². The molecular weight excluding hydrogens is 382 g/mol. The molecule has 0 bridgehead atoms. The lowest BCUT2D eigenvalue weighted by molar-refractivity contribution is -0.118. The Labute approximate surface area is 164 Å². The zero-order chi connectivity index (χ0) is 18.6. The molecule has 1 aliphatic rings. The summed E-state index contributed by atoms with van der Waals surface area (Å²) in [5, 5.41) is 4.19. The number of carbonyl (C=O) groups excluding carboxylic acids is 1. The molecule has 0 saturated carbocycles. The second kappa shape index (κ2) is 7.98. The molecule has 138 valence electrons. The van der Waals surface area contributed by atoms with Crippen molar-refractivity contribution in [1.82, 2.24) is 10.4 Å². The molecule has 6 nitrogen and oxygen atoms in total. The second-order valence-electron chi connectivity index (χ2n) is 5.83. The van der Waals surface area contributed by atoms with Gasteiger partial charge in [0.1, 0.15) is 13.2 Å². The van der Waals surface area contributed by atoms with E-state index >= 15 is 0 Å². The predicted molar refractivity (Wildman–Crippen MR) is 108 cm³/mol. The van der Waals surface area contributed by atoms with E-state index in [0.29, 0.717) is 24.7 Å². The summed E-state index contributed by atoms with van der Waals surface area (Å²) in [5.74, 6) is 1.52. The molecule has 0 aliphatic carbocycles. The molecule has 0 spiro atoms. The van der Waals surface area contributed by atoms with Crippen LogP contribution in [0, 0.1) is 0 Å². The molecular formula is C19H17N3O3S2. The third kappa shape index (κ3) is 4.23. The number of para-hydroxylation sites is 1. The van der Waals surface area contributed by atoms with Gasteiger partial charge in [-0.3, -0.25) is 4.79 Å². The van der Waals surface area contributed by atoms with Crippen LogP contribution in [0.5, 0.6) is 11.5 Å². The minimum atomic E-state index is -0.170. The van der Waals surface area contributed by atoms with E-state index in [1.165, 1.54) is 11.8 Å². The summed E-state index contributed by atoms with van der Waals surface area (Å²) in [4.78, 5) is 16.6. The molecule has 0 unspecified atom stereocenters. The fourth-order valence-electron chi connectivity index (χ4n) is 2.55. The van der Waals surface area contributed by atoms with Crippen LogP contribution in [-0.2, 0) is 4.79 Å². The minimum absolute atomic E-state index is 0.170. The van der Waals surface area contributed by atoms with Gasteiger partial charge in [-0.15, -0.1) is 11.3 Å². The molecule has 2 heterocycles. The number of carbonyl (C=O) groups is 1. The molecule has 1 aliphatic heterocycles. The summed E-state index contributed by atoms with van der Waals surface area (Å²) >= 11 is 2.99. The van der Waals surface area contributed by atoms with E-state index in [0.717, 1.165) is 25.9 Å². The number of nitrogens with one attached hydrogen (secondary N) is 1. The smallest absolute Gasteiger partial charge is 0.250 e. The lowest BCUT2D eigenvalue weighted by Gasteiger charge is -2.18. The van der Waals surface area contributed by atoms with Crippen molar-refractivity contribution in [2.75, 3.05) is 19.0 Å². The third-order valence-electron chi connectivity index (χ3n) is 3.91. The van der Waals surface area contributed by atoms with Crippen LogP contribution in [0.4, 0.5) is 0 Å². The van der Waals surface area contributed by atoms with Gasteiger partial charge in [-0.2, -0.15) is 5.10 Å². The van der Waals surface area contributed by atoms with Crippen LogP contribution in [0.15, 0.2) is 51.9 Å². The van der Waals surface area contributed by atoms with Gasteiger partial charge < -0.3 is 9.47 Å². The standard InChI is InChI=1S/C19H17N3O3S2/c1-12(13-6-7-15-16(10-13)25-9-8-24-15)21-22-18(23)11-26-19-20-14-4-2-3-5-17(14)27-19/h2-7,10H,8-9,11H2,1H3,(H,22,23)/b21-12+. The van der Waals surface area contributed by atoms with Gasteiger partial charge in [0.2, 0.25) is 0 Å². The zero-order valence-electron chi connectivity index (χ0n) is 14.6. The lowest BCUT2D eigenvalue weighted by atomic mass is 10.1. The largest absolute Gasteiger partial charge is 0.486 e. The number of hydrazone groups is 1. The van der Waals surface area contributed by atoms with E-state index in [9.17, 15) is 4.79 Å². The van der Waals surface area contributed by atoms with E-state index in [1.54, 1.807) is 11.3 Å². The van der Waals surface area contributed by atoms with E-state index in [2.05, 4.69) is 15.5 Å². The highest BCUT2D eigenvalue weighted by atomic mass is 32.2. The Kier molecular flexibility index (Phi) is 5.26. The van der Waals surface area contributed by atoms with Crippen LogP contribution >= 0.6 is 23.1 Å². The van der Waals surface area contributed by atoms with Crippen molar-refractivity contribution in [1.29, 1.82) is 0 Å². The lowest BCUT2D eigenvalue weighted by Crippen LogP contribution is -2.21. The van der Waals surface area contributed by atoms with Gasteiger partial charge in [0.05, 0.1) is 21.7 Å². The van der Waals surface area contributed by atoms with Crippen molar-refractivity contribution in [3.8, 4) is 11.5 Å². The summed E-state index contributed by atoms with van der Waals surface area (Å²) in [7, 11) is 0. The van der Waals surface area contributed by atoms with E-state index in [-0.39, 0.29) is 11.7 Å². The summed E-state index contributed by atoms with van der Waals surface area (Å²) in [6.45, 7) is 2.93. The Balaban J connectivity index is 1.35. The minimum Gasteiger partial charge on any atom is -0.486 e. The average molecular weight is 399 g/mol. The fraction of sp³-hybridized carbons (Fsp3) is 0.211. The zero-order valence-corrected chi connectivity index (χ0v) is 16.2. The van der Waals surface area contributed by atoms with Gasteiger partial charge in [0.15, 0.2) is 15.8 Å². The molecule has 0 saturated heterocycles. The SMILES string of the molecule is C/C(=N\NC(=O)CSc1nc2ccccc2s1)c1ccc2c(c1)OCCO2. The third-order valence-corrected chi connectivity index (χ3v) is 6.09. The van der Waals surface area contributed by atoms with Crippen molar-refractivity contribution < 1.29 is 14.3 Å². The summed E-state index contributed by atoms with van der Waals surface area (Å²) in [6, 6.07) is 13.6. The molecule has 4 rings (SSSR count).